The fourth-order valence-electron chi connectivity index (χ4n) is 2.96. The van der Waals surface area contributed by atoms with Crippen molar-refractivity contribution in [3.63, 3.8) is 0 Å². The minimum atomic E-state index is -0.896. The summed E-state index contributed by atoms with van der Waals surface area (Å²) in [6, 6.07) is 2.19. The van der Waals surface area contributed by atoms with E-state index in [2.05, 4.69) is 10.0 Å². The number of hydrogen-bond acceptors (Lipinski definition) is 4. The lowest BCUT2D eigenvalue weighted by Crippen LogP contribution is -2.49. The lowest BCUT2D eigenvalue weighted by atomic mass is 9.90. The molecule has 2 amide bonds. The van der Waals surface area contributed by atoms with Gasteiger partial charge in [0.2, 0.25) is 6.41 Å². The van der Waals surface area contributed by atoms with Crippen LogP contribution < -0.4 is 10.0 Å². The molecule has 0 radical (unpaired) electrons. The molecule has 1 saturated carbocycles. The number of rotatable bonds is 9. The molecule has 5 nitrogen and oxygen atoms in total. The van der Waals surface area contributed by atoms with Crippen LogP contribution in [0.2, 0.25) is 0 Å². The molecule has 2 unspecified atom stereocenters. The van der Waals surface area contributed by atoms with E-state index in [0.717, 1.165) is 36.9 Å². The van der Waals surface area contributed by atoms with Crippen LogP contribution in [0.3, 0.4) is 0 Å². The van der Waals surface area contributed by atoms with E-state index in [1.165, 1.54) is 25.3 Å². The quantitative estimate of drug-likeness (QED) is 0.505. The van der Waals surface area contributed by atoms with E-state index < -0.39 is 29.7 Å². The first-order valence-electron chi connectivity index (χ1n) is 8.74. The van der Waals surface area contributed by atoms with Crippen molar-refractivity contribution in [3.05, 3.63) is 29.8 Å². The Morgan fingerprint density at radius 3 is 2.73 bits per heavy atom. The molecule has 1 aromatic carbocycles. The van der Waals surface area contributed by atoms with Crippen LogP contribution in [0, 0.1) is 17.6 Å². The Balaban J connectivity index is 1.87. The van der Waals surface area contributed by atoms with Crippen molar-refractivity contribution in [1.82, 2.24) is 10.0 Å². The van der Waals surface area contributed by atoms with Gasteiger partial charge in [-0.05, 0) is 49.8 Å². The molecular weight excluding hydrogens is 362 g/mol. The minimum absolute atomic E-state index is 0.0837. The van der Waals surface area contributed by atoms with E-state index in [9.17, 15) is 18.4 Å². The van der Waals surface area contributed by atoms with Crippen molar-refractivity contribution in [2.24, 2.45) is 5.92 Å². The summed E-state index contributed by atoms with van der Waals surface area (Å²) in [4.78, 5) is 23.3. The predicted molar refractivity (Wildman–Crippen MR) is 95.3 cm³/mol. The molecule has 2 N–H and O–H groups in total. The second-order valence-electron chi connectivity index (χ2n) is 6.45. The number of amides is 2. The molecule has 0 aliphatic heterocycles. The topological polar surface area (TPSA) is 67.4 Å². The molecule has 2 atom stereocenters. The summed E-state index contributed by atoms with van der Waals surface area (Å²) in [7, 11) is 0. The van der Waals surface area contributed by atoms with Gasteiger partial charge in [0.25, 0.3) is 5.91 Å². The van der Waals surface area contributed by atoms with Crippen molar-refractivity contribution in [2.45, 2.75) is 56.1 Å². The predicted octanol–water partition coefficient (Wildman–Crippen LogP) is 3.19. The lowest BCUT2D eigenvalue weighted by molar-refractivity contribution is -0.128. The average Bonchev–Trinajstić information content (AvgIpc) is 2.64. The molecule has 26 heavy (non-hydrogen) atoms. The maximum absolute atomic E-state index is 13.6. The Kier molecular flexibility index (Phi) is 8.31. The Morgan fingerprint density at radius 2 is 2.08 bits per heavy atom. The summed E-state index contributed by atoms with van der Waals surface area (Å²) in [5, 5.41) is 2.45. The van der Waals surface area contributed by atoms with E-state index in [-0.39, 0.29) is 4.90 Å². The van der Waals surface area contributed by atoms with E-state index >= 15 is 0 Å². The van der Waals surface area contributed by atoms with Gasteiger partial charge in [0.1, 0.15) is 17.7 Å². The zero-order valence-corrected chi connectivity index (χ0v) is 15.5. The third-order valence-electron chi connectivity index (χ3n) is 4.47. The smallest absolute Gasteiger partial charge is 0.255 e. The molecule has 1 aliphatic rings. The van der Waals surface area contributed by atoms with Gasteiger partial charge < -0.3 is 10.1 Å². The van der Waals surface area contributed by atoms with Crippen LogP contribution in [0.15, 0.2) is 23.1 Å². The zero-order valence-electron chi connectivity index (χ0n) is 14.7. The highest BCUT2D eigenvalue weighted by molar-refractivity contribution is 7.98. The second-order valence-corrected chi connectivity index (χ2v) is 7.30. The fraction of sp³-hybridized carbons (Fsp3) is 0.556. The molecule has 0 saturated heterocycles. The van der Waals surface area contributed by atoms with Gasteiger partial charge in [-0.15, -0.1) is 0 Å². The maximum atomic E-state index is 13.6. The van der Waals surface area contributed by atoms with Crippen LogP contribution >= 0.6 is 11.9 Å². The third-order valence-corrected chi connectivity index (χ3v) is 5.33. The van der Waals surface area contributed by atoms with Crippen LogP contribution in [0.5, 0.6) is 0 Å². The van der Waals surface area contributed by atoms with Gasteiger partial charge in [-0.3, -0.25) is 14.3 Å². The van der Waals surface area contributed by atoms with E-state index in [0.29, 0.717) is 18.9 Å². The van der Waals surface area contributed by atoms with Gasteiger partial charge in [0.15, 0.2) is 0 Å². The number of carbonyl (C=O) groups excluding carboxylic acids is 2. The lowest BCUT2D eigenvalue weighted by Gasteiger charge is -2.27. The molecule has 1 aromatic rings. The van der Waals surface area contributed by atoms with Gasteiger partial charge in [-0.1, -0.05) is 19.3 Å². The monoisotopic (exact) mass is 386 g/mol. The van der Waals surface area contributed by atoms with Crippen LogP contribution in [0.25, 0.3) is 0 Å². The molecule has 1 fully saturated rings. The van der Waals surface area contributed by atoms with E-state index in [1.807, 2.05) is 0 Å². The number of halogens is 2. The number of carbonyl (C=O) groups is 2. The highest BCUT2D eigenvalue weighted by Crippen LogP contribution is 2.24. The second kappa shape index (κ2) is 10.5. The molecular formula is C18H24F2N2O3S. The van der Waals surface area contributed by atoms with Crippen LogP contribution in [0.1, 0.15) is 39.0 Å². The fourth-order valence-corrected chi connectivity index (χ4v) is 3.59. The first kappa shape index (κ1) is 20.6. The van der Waals surface area contributed by atoms with Crippen molar-refractivity contribution in [1.29, 1.82) is 0 Å². The summed E-state index contributed by atoms with van der Waals surface area (Å²) in [5.41, 5.74) is 0. The molecule has 1 aliphatic carbocycles. The van der Waals surface area contributed by atoms with Gasteiger partial charge in [-0.2, -0.15) is 0 Å². The van der Waals surface area contributed by atoms with Crippen LogP contribution in [-0.2, 0) is 14.3 Å². The average molecular weight is 386 g/mol. The van der Waals surface area contributed by atoms with Crippen molar-refractivity contribution >= 4 is 24.3 Å². The summed E-state index contributed by atoms with van der Waals surface area (Å²) in [6.07, 6.45) is 5.78. The van der Waals surface area contributed by atoms with Gasteiger partial charge >= 0.3 is 0 Å². The van der Waals surface area contributed by atoms with Crippen molar-refractivity contribution in [3.8, 4) is 0 Å². The van der Waals surface area contributed by atoms with E-state index in [4.69, 9.17) is 4.74 Å². The normalized spacial score (nSPS) is 17.3. The summed E-state index contributed by atoms with van der Waals surface area (Å²) in [5.74, 6) is -1.49. The largest absolute Gasteiger partial charge is 0.376 e. The SMILES string of the molecule is CC(OCC1CCCCC1)C(NC=O)C(=O)NSc1ccc(F)cc1F. The summed E-state index contributed by atoms with van der Waals surface area (Å²) < 4.78 is 34.8. The van der Waals surface area contributed by atoms with Crippen LogP contribution in [-0.4, -0.2) is 31.1 Å². The summed E-state index contributed by atoms with van der Waals surface area (Å²) >= 11 is 0.729. The molecule has 0 aromatic heterocycles. The highest BCUT2D eigenvalue weighted by atomic mass is 32.2. The number of hydrogen-bond donors (Lipinski definition) is 2. The third kappa shape index (κ3) is 6.25. The van der Waals surface area contributed by atoms with Gasteiger partial charge in [0.05, 0.1) is 11.0 Å². The summed E-state index contributed by atoms with van der Waals surface area (Å²) in [6.45, 7) is 2.26. The molecule has 144 valence electrons. The number of nitrogens with one attached hydrogen (secondary N) is 2. The van der Waals surface area contributed by atoms with Crippen molar-refractivity contribution < 1.29 is 23.1 Å². The minimum Gasteiger partial charge on any atom is -0.376 e. The maximum Gasteiger partial charge on any atom is 0.255 e. The molecule has 0 spiro atoms. The first-order valence-corrected chi connectivity index (χ1v) is 9.56. The standard InChI is InChI=1S/C18H24F2N2O3S/c1-12(25-10-13-5-3-2-4-6-13)17(21-11-23)18(24)22-26-16-8-7-14(19)9-15(16)20/h7-9,11-13,17H,2-6,10H2,1H3,(H,21,23)(H,22,24). The molecule has 2 rings (SSSR count). The van der Waals surface area contributed by atoms with Crippen molar-refractivity contribution in [2.75, 3.05) is 6.61 Å². The Hall–Kier alpha value is -1.67. The Labute approximate surface area is 156 Å². The first-order chi connectivity index (χ1) is 12.5. The number of ether oxygens (including phenoxy) is 1. The zero-order chi connectivity index (χ0) is 18.9. The van der Waals surface area contributed by atoms with E-state index in [1.54, 1.807) is 6.92 Å². The van der Waals surface area contributed by atoms with Crippen LogP contribution in [0.4, 0.5) is 8.78 Å². The van der Waals surface area contributed by atoms with Gasteiger partial charge in [-0.25, -0.2) is 8.78 Å². The highest BCUT2D eigenvalue weighted by Gasteiger charge is 2.27. The Bertz CT molecular complexity index is 612. The van der Waals surface area contributed by atoms with Gasteiger partial charge in [0, 0.05) is 12.7 Å². The Morgan fingerprint density at radius 1 is 1.35 bits per heavy atom. The number of benzene rings is 1. The molecule has 8 heteroatoms. The molecule has 0 bridgehead atoms. The molecule has 0 heterocycles.